The van der Waals surface area contributed by atoms with Crippen LogP contribution in [0.1, 0.15) is 5.56 Å². The molecule has 1 unspecified atom stereocenters. The first-order chi connectivity index (χ1) is 7.22. The van der Waals surface area contributed by atoms with E-state index in [2.05, 4.69) is 0 Å². The average Bonchev–Trinajstić information content (AvgIpc) is 2.27. The molecule has 0 aliphatic carbocycles. The number of hydrogen-bond donors (Lipinski definition) is 0. The molecule has 1 aromatic carbocycles. The molecule has 0 saturated heterocycles. The number of nitrogens with zero attached hydrogens (tertiary/aromatic N) is 1. The van der Waals surface area contributed by atoms with Crippen molar-refractivity contribution in [3.63, 3.8) is 0 Å². The van der Waals surface area contributed by atoms with E-state index in [1.54, 1.807) is 24.3 Å². The van der Waals surface area contributed by atoms with Gasteiger partial charge in [-0.2, -0.15) is 0 Å². The highest BCUT2D eigenvalue weighted by atomic mass is 16.7. The Morgan fingerprint density at radius 2 is 2.20 bits per heavy atom. The largest absolute Gasteiger partial charge is 0.453 e. The quantitative estimate of drug-likeness (QED) is 0.546. The van der Waals surface area contributed by atoms with Gasteiger partial charge in [-0.05, 0) is 6.07 Å². The molecule has 1 aromatic rings. The Morgan fingerprint density at radius 3 is 2.87 bits per heavy atom. The third kappa shape index (κ3) is 1.69. The van der Waals surface area contributed by atoms with Gasteiger partial charge in [-0.15, -0.1) is 0 Å². The fraction of sp³-hybridized carbons (Fsp3) is 0.200. The van der Waals surface area contributed by atoms with Crippen LogP contribution in [0.15, 0.2) is 30.0 Å². The summed E-state index contributed by atoms with van der Waals surface area (Å²) in [5.74, 6) is 0.593. The molecule has 5 nitrogen and oxygen atoms in total. The number of methoxy groups -OCH3 is 1. The van der Waals surface area contributed by atoms with Crippen molar-refractivity contribution >= 4 is 6.08 Å². The Hall–Kier alpha value is -1.88. The standard InChI is InChI=1S/C10H9NO4/c1-14-10-8(11(12)13)6-7-4-2-3-5-9(7)15-10/h2-6,10H,1H3. The minimum Gasteiger partial charge on any atom is -0.453 e. The van der Waals surface area contributed by atoms with Crippen LogP contribution in [-0.2, 0) is 4.74 Å². The van der Waals surface area contributed by atoms with Gasteiger partial charge < -0.3 is 9.47 Å². The third-order valence-electron chi connectivity index (χ3n) is 2.12. The molecule has 0 saturated carbocycles. The number of rotatable bonds is 2. The van der Waals surface area contributed by atoms with Crippen LogP contribution < -0.4 is 4.74 Å². The lowest BCUT2D eigenvalue weighted by atomic mass is 10.1. The van der Waals surface area contributed by atoms with E-state index in [4.69, 9.17) is 9.47 Å². The van der Waals surface area contributed by atoms with Crippen LogP contribution in [0.2, 0.25) is 0 Å². The highest BCUT2D eigenvalue weighted by Crippen LogP contribution is 2.29. The molecule has 0 aromatic heterocycles. The number of ether oxygens (including phenoxy) is 2. The fourth-order valence-electron chi connectivity index (χ4n) is 1.42. The van der Waals surface area contributed by atoms with Gasteiger partial charge in [0.25, 0.3) is 6.29 Å². The average molecular weight is 207 g/mol. The molecule has 0 fully saturated rings. The van der Waals surface area contributed by atoms with E-state index in [-0.39, 0.29) is 5.70 Å². The summed E-state index contributed by atoms with van der Waals surface area (Å²) in [4.78, 5) is 10.2. The van der Waals surface area contributed by atoms with Gasteiger partial charge in [-0.25, -0.2) is 0 Å². The molecular weight excluding hydrogens is 198 g/mol. The summed E-state index contributed by atoms with van der Waals surface area (Å²) in [5, 5.41) is 10.7. The smallest absolute Gasteiger partial charge is 0.315 e. The number of benzene rings is 1. The van der Waals surface area contributed by atoms with Gasteiger partial charge in [-0.3, -0.25) is 10.1 Å². The van der Waals surface area contributed by atoms with Crippen LogP contribution >= 0.6 is 0 Å². The molecule has 0 N–H and O–H groups in total. The maximum atomic E-state index is 10.7. The molecule has 0 amide bonds. The molecule has 15 heavy (non-hydrogen) atoms. The zero-order valence-corrected chi connectivity index (χ0v) is 8.04. The van der Waals surface area contributed by atoms with Gasteiger partial charge in [-0.1, -0.05) is 18.2 Å². The summed E-state index contributed by atoms with van der Waals surface area (Å²) in [6, 6.07) is 7.10. The lowest BCUT2D eigenvalue weighted by molar-refractivity contribution is -0.443. The first-order valence-electron chi connectivity index (χ1n) is 4.37. The van der Waals surface area contributed by atoms with Gasteiger partial charge in [0, 0.05) is 18.7 Å². The summed E-state index contributed by atoms with van der Waals surface area (Å²) in [6.07, 6.45) is 0.530. The zero-order chi connectivity index (χ0) is 10.8. The summed E-state index contributed by atoms with van der Waals surface area (Å²) in [7, 11) is 1.37. The highest BCUT2D eigenvalue weighted by Gasteiger charge is 2.31. The van der Waals surface area contributed by atoms with Crippen LogP contribution in [0, 0.1) is 10.1 Å². The van der Waals surface area contributed by atoms with Crippen molar-refractivity contribution in [1.82, 2.24) is 0 Å². The minimum atomic E-state index is -0.935. The van der Waals surface area contributed by atoms with Gasteiger partial charge in [0.15, 0.2) is 0 Å². The molecule has 78 valence electrons. The third-order valence-corrected chi connectivity index (χ3v) is 2.12. The Balaban J connectivity index is 2.46. The lowest BCUT2D eigenvalue weighted by Crippen LogP contribution is -2.28. The second-order valence-corrected chi connectivity index (χ2v) is 3.05. The number of nitro groups is 1. The fourth-order valence-corrected chi connectivity index (χ4v) is 1.42. The van der Waals surface area contributed by atoms with E-state index in [0.717, 1.165) is 0 Å². The maximum Gasteiger partial charge on any atom is 0.315 e. The topological polar surface area (TPSA) is 61.6 Å². The summed E-state index contributed by atoms with van der Waals surface area (Å²) >= 11 is 0. The predicted octanol–water partition coefficient (Wildman–Crippen LogP) is 1.67. The second-order valence-electron chi connectivity index (χ2n) is 3.05. The number of para-hydroxylation sites is 1. The predicted molar refractivity (Wildman–Crippen MR) is 52.8 cm³/mol. The van der Waals surface area contributed by atoms with Gasteiger partial charge in [0.2, 0.25) is 0 Å². The molecule has 2 rings (SSSR count). The van der Waals surface area contributed by atoms with Crippen molar-refractivity contribution in [2.75, 3.05) is 7.11 Å². The van der Waals surface area contributed by atoms with Crippen LogP contribution in [-0.4, -0.2) is 18.3 Å². The molecule has 0 radical (unpaired) electrons. The van der Waals surface area contributed by atoms with Crippen molar-refractivity contribution in [2.24, 2.45) is 0 Å². The molecule has 1 aliphatic heterocycles. The molecule has 5 heteroatoms. The highest BCUT2D eigenvalue weighted by molar-refractivity contribution is 5.61. The van der Waals surface area contributed by atoms with Crippen molar-refractivity contribution in [3.8, 4) is 5.75 Å². The summed E-state index contributed by atoms with van der Waals surface area (Å²) in [6.45, 7) is 0. The van der Waals surface area contributed by atoms with Crippen molar-refractivity contribution < 1.29 is 14.4 Å². The van der Waals surface area contributed by atoms with Crippen molar-refractivity contribution in [3.05, 3.63) is 45.6 Å². The first-order valence-corrected chi connectivity index (χ1v) is 4.37. The van der Waals surface area contributed by atoms with Crippen molar-refractivity contribution in [2.45, 2.75) is 6.29 Å². The minimum absolute atomic E-state index is 0.0869. The first kappa shape index (κ1) is 9.67. The Morgan fingerprint density at radius 1 is 1.47 bits per heavy atom. The van der Waals surface area contributed by atoms with Gasteiger partial charge in [0.05, 0.1) is 4.92 Å². The number of fused-ring (bicyclic) bond motifs is 1. The van der Waals surface area contributed by atoms with Crippen molar-refractivity contribution in [1.29, 1.82) is 0 Å². The van der Waals surface area contributed by atoms with E-state index in [0.29, 0.717) is 11.3 Å². The Kier molecular flexibility index (Phi) is 2.39. The monoisotopic (exact) mass is 207 g/mol. The van der Waals surface area contributed by atoms with Gasteiger partial charge in [0.1, 0.15) is 5.75 Å². The van der Waals surface area contributed by atoms with Gasteiger partial charge >= 0.3 is 5.70 Å². The van der Waals surface area contributed by atoms with Crippen LogP contribution in [0.4, 0.5) is 0 Å². The lowest BCUT2D eigenvalue weighted by Gasteiger charge is -2.20. The van der Waals surface area contributed by atoms with E-state index in [9.17, 15) is 10.1 Å². The van der Waals surface area contributed by atoms with E-state index in [1.165, 1.54) is 13.2 Å². The van der Waals surface area contributed by atoms with Crippen LogP contribution in [0.3, 0.4) is 0 Å². The SMILES string of the molecule is COC1Oc2ccccc2C=C1[N+](=O)[O-]. The maximum absolute atomic E-state index is 10.7. The van der Waals surface area contributed by atoms with Crippen LogP contribution in [0.5, 0.6) is 5.75 Å². The van der Waals surface area contributed by atoms with E-state index < -0.39 is 11.2 Å². The van der Waals surface area contributed by atoms with E-state index in [1.807, 2.05) is 0 Å². The molecular formula is C10H9NO4. The molecule has 1 atom stereocenters. The molecule has 1 aliphatic rings. The van der Waals surface area contributed by atoms with E-state index >= 15 is 0 Å². The molecule has 1 heterocycles. The second kappa shape index (κ2) is 3.70. The zero-order valence-electron chi connectivity index (χ0n) is 8.04. The number of hydrogen-bond acceptors (Lipinski definition) is 4. The molecule has 0 spiro atoms. The summed E-state index contributed by atoms with van der Waals surface area (Å²) in [5.41, 5.74) is 0.605. The van der Waals surface area contributed by atoms with Crippen LogP contribution in [0.25, 0.3) is 6.08 Å². The molecule has 0 bridgehead atoms. The Bertz CT molecular complexity index is 427. The summed E-state index contributed by atoms with van der Waals surface area (Å²) < 4.78 is 10.2. The Labute approximate surface area is 86.1 Å². The normalized spacial score (nSPS) is 18.7.